The van der Waals surface area contributed by atoms with Crippen LogP contribution in [0.25, 0.3) is 11.1 Å². The summed E-state index contributed by atoms with van der Waals surface area (Å²) in [7, 11) is 0. The largest absolute Gasteiger partial charge is 0.462 e. The lowest BCUT2D eigenvalue weighted by atomic mass is 10.0. The van der Waals surface area contributed by atoms with Crippen molar-refractivity contribution in [3.8, 4) is 11.1 Å². The third-order valence-corrected chi connectivity index (χ3v) is 6.09. The van der Waals surface area contributed by atoms with E-state index in [2.05, 4.69) is 27.4 Å². The molecule has 0 fully saturated rings. The van der Waals surface area contributed by atoms with Gasteiger partial charge in [0.1, 0.15) is 16.4 Å². The zero-order valence-corrected chi connectivity index (χ0v) is 18.9. The second-order valence-corrected chi connectivity index (χ2v) is 8.43. The number of nitrogens with zero attached hydrogens (tertiary/aromatic N) is 2. The third kappa shape index (κ3) is 5.41. The first-order chi connectivity index (χ1) is 14.5. The first kappa shape index (κ1) is 22.3. The molecule has 30 heavy (non-hydrogen) atoms. The maximum atomic E-state index is 12.6. The van der Waals surface area contributed by atoms with Gasteiger partial charge in [0.15, 0.2) is 0 Å². The van der Waals surface area contributed by atoms with E-state index in [0.29, 0.717) is 31.9 Å². The zero-order valence-electron chi connectivity index (χ0n) is 16.5. The van der Waals surface area contributed by atoms with Gasteiger partial charge in [-0.1, -0.05) is 48.5 Å². The fourth-order valence-corrected chi connectivity index (χ4v) is 4.54. The highest BCUT2D eigenvalue weighted by Gasteiger charge is 2.24. The number of nitrogens with one attached hydrogen (secondary N) is 2. The highest BCUT2D eigenvalue weighted by molar-refractivity contribution is 7.99. The van der Waals surface area contributed by atoms with E-state index in [-0.39, 0.29) is 18.3 Å². The SMILES string of the molecule is CCCc1nc(SCC(=O)Nc2scc(-c3ccccc3Cl)c2C(=O)OCC)n[nH]1. The molecule has 2 aromatic heterocycles. The fourth-order valence-electron chi connectivity index (χ4n) is 2.72. The van der Waals surface area contributed by atoms with Crippen molar-refractivity contribution in [3.63, 3.8) is 0 Å². The number of aryl methyl sites for hydroxylation is 1. The zero-order chi connectivity index (χ0) is 21.5. The van der Waals surface area contributed by atoms with Crippen LogP contribution in [0.1, 0.15) is 36.5 Å². The van der Waals surface area contributed by atoms with Gasteiger partial charge < -0.3 is 10.1 Å². The van der Waals surface area contributed by atoms with E-state index >= 15 is 0 Å². The van der Waals surface area contributed by atoms with E-state index in [0.717, 1.165) is 18.7 Å². The van der Waals surface area contributed by atoms with Gasteiger partial charge in [0.25, 0.3) is 0 Å². The van der Waals surface area contributed by atoms with E-state index < -0.39 is 5.97 Å². The number of thioether (sulfide) groups is 1. The Bertz CT molecular complexity index is 1030. The molecule has 0 atom stereocenters. The van der Waals surface area contributed by atoms with E-state index in [1.165, 1.54) is 23.1 Å². The number of hydrogen-bond donors (Lipinski definition) is 2. The maximum absolute atomic E-state index is 12.6. The van der Waals surface area contributed by atoms with Crippen molar-refractivity contribution in [3.05, 3.63) is 46.1 Å². The maximum Gasteiger partial charge on any atom is 0.341 e. The van der Waals surface area contributed by atoms with Crippen LogP contribution in [0.3, 0.4) is 0 Å². The Hall–Kier alpha value is -2.36. The third-order valence-electron chi connectivity index (χ3n) is 4.02. The average Bonchev–Trinajstić information content (AvgIpc) is 3.34. The molecule has 0 spiro atoms. The summed E-state index contributed by atoms with van der Waals surface area (Å²) in [6.07, 6.45) is 1.77. The van der Waals surface area contributed by atoms with Gasteiger partial charge in [-0.15, -0.1) is 16.4 Å². The molecule has 0 radical (unpaired) electrons. The van der Waals surface area contributed by atoms with Crippen LogP contribution >= 0.6 is 34.7 Å². The van der Waals surface area contributed by atoms with Gasteiger partial charge in [-0.05, 0) is 19.4 Å². The number of H-pyrrole nitrogens is 1. The van der Waals surface area contributed by atoms with Crippen molar-refractivity contribution in [1.29, 1.82) is 0 Å². The summed E-state index contributed by atoms with van der Waals surface area (Å²) >= 11 is 8.80. The summed E-state index contributed by atoms with van der Waals surface area (Å²) in [5.74, 6) is 0.146. The van der Waals surface area contributed by atoms with Crippen LogP contribution in [0, 0.1) is 0 Å². The number of benzene rings is 1. The Morgan fingerprint density at radius 2 is 2.07 bits per heavy atom. The number of ether oxygens (including phenoxy) is 1. The number of hydrogen-bond acceptors (Lipinski definition) is 7. The Kier molecular flexibility index (Phi) is 7.89. The van der Waals surface area contributed by atoms with Crippen LogP contribution in [0.15, 0.2) is 34.8 Å². The second kappa shape index (κ2) is 10.6. The quantitative estimate of drug-likeness (QED) is 0.340. The Morgan fingerprint density at radius 3 is 2.80 bits per heavy atom. The molecule has 158 valence electrons. The van der Waals surface area contributed by atoms with E-state index in [1.807, 2.05) is 18.2 Å². The molecule has 3 aromatic rings. The molecule has 2 N–H and O–H groups in total. The van der Waals surface area contributed by atoms with Crippen LogP contribution in [0.5, 0.6) is 0 Å². The van der Waals surface area contributed by atoms with Crippen molar-refractivity contribution in [2.75, 3.05) is 17.7 Å². The number of halogens is 1. The van der Waals surface area contributed by atoms with Gasteiger partial charge in [-0.2, -0.15) is 0 Å². The van der Waals surface area contributed by atoms with E-state index in [9.17, 15) is 9.59 Å². The van der Waals surface area contributed by atoms with Gasteiger partial charge in [-0.25, -0.2) is 9.78 Å². The van der Waals surface area contributed by atoms with E-state index in [4.69, 9.17) is 16.3 Å². The van der Waals surface area contributed by atoms with Gasteiger partial charge in [0, 0.05) is 28.0 Å². The number of rotatable bonds is 9. The number of carbonyl (C=O) groups is 2. The standard InChI is InChI=1S/C20H21ClN4O3S2/c1-3-7-15-22-20(25-24-15)30-11-16(26)23-18-17(19(27)28-4-2)13(10-29-18)12-8-5-6-9-14(12)21/h5-6,8-10H,3-4,7,11H2,1-2H3,(H,23,26)(H,22,24,25). The molecule has 2 heterocycles. The molecule has 10 heteroatoms. The summed E-state index contributed by atoms with van der Waals surface area (Å²) in [5.41, 5.74) is 1.64. The van der Waals surface area contributed by atoms with Crippen LogP contribution < -0.4 is 5.32 Å². The Labute approximate surface area is 187 Å². The molecule has 0 aliphatic carbocycles. The molecular weight excluding hydrogens is 444 g/mol. The first-order valence-corrected chi connectivity index (χ1v) is 11.6. The summed E-state index contributed by atoms with van der Waals surface area (Å²) in [6.45, 7) is 4.02. The molecule has 0 aliphatic rings. The summed E-state index contributed by atoms with van der Waals surface area (Å²) in [5, 5.41) is 13.0. The number of thiophene rings is 1. The topological polar surface area (TPSA) is 97.0 Å². The number of anilines is 1. The lowest BCUT2D eigenvalue weighted by Gasteiger charge is -2.09. The highest BCUT2D eigenvalue weighted by Crippen LogP contribution is 2.39. The van der Waals surface area contributed by atoms with E-state index in [1.54, 1.807) is 18.4 Å². The molecule has 7 nitrogen and oxygen atoms in total. The molecule has 3 rings (SSSR count). The van der Waals surface area contributed by atoms with Crippen LogP contribution in [-0.4, -0.2) is 39.4 Å². The minimum absolute atomic E-state index is 0.116. The van der Waals surface area contributed by atoms with Crippen LogP contribution in [-0.2, 0) is 16.0 Å². The Morgan fingerprint density at radius 1 is 1.27 bits per heavy atom. The normalized spacial score (nSPS) is 10.8. The molecule has 1 aromatic carbocycles. The molecule has 0 aliphatic heterocycles. The number of esters is 1. The molecular formula is C20H21ClN4O3S2. The monoisotopic (exact) mass is 464 g/mol. The number of carbonyl (C=O) groups excluding carboxylic acids is 2. The number of aromatic nitrogens is 3. The average molecular weight is 465 g/mol. The van der Waals surface area contributed by atoms with Gasteiger partial charge in [-0.3, -0.25) is 9.89 Å². The number of aromatic amines is 1. The van der Waals surface area contributed by atoms with Gasteiger partial charge in [0.05, 0.1) is 12.4 Å². The molecule has 0 saturated heterocycles. The predicted molar refractivity (Wildman–Crippen MR) is 120 cm³/mol. The van der Waals surface area contributed by atoms with Crippen molar-refractivity contribution in [1.82, 2.24) is 15.2 Å². The van der Waals surface area contributed by atoms with Crippen molar-refractivity contribution >= 4 is 51.6 Å². The lowest BCUT2D eigenvalue weighted by Crippen LogP contribution is -2.16. The molecule has 0 bridgehead atoms. The first-order valence-electron chi connectivity index (χ1n) is 9.40. The molecule has 0 saturated carbocycles. The second-order valence-electron chi connectivity index (χ2n) is 6.21. The molecule has 1 amide bonds. The van der Waals surface area contributed by atoms with Crippen molar-refractivity contribution in [2.24, 2.45) is 0 Å². The summed E-state index contributed by atoms with van der Waals surface area (Å²) in [6, 6.07) is 7.23. The minimum Gasteiger partial charge on any atom is -0.462 e. The van der Waals surface area contributed by atoms with Crippen molar-refractivity contribution in [2.45, 2.75) is 31.8 Å². The predicted octanol–water partition coefficient (Wildman–Crippen LogP) is 5.05. The smallest absolute Gasteiger partial charge is 0.341 e. The van der Waals surface area contributed by atoms with Gasteiger partial charge >= 0.3 is 5.97 Å². The van der Waals surface area contributed by atoms with Gasteiger partial charge in [0.2, 0.25) is 11.1 Å². The van der Waals surface area contributed by atoms with Crippen LogP contribution in [0.2, 0.25) is 5.02 Å². The fraction of sp³-hybridized carbons (Fsp3) is 0.300. The minimum atomic E-state index is -0.505. The summed E-state index contributed by atoms with van der Waals surface area (Å²) < 4.78 is 5.21. The lowest BCUT2D eigenvalue weighted by molar-refractivity contribution is -0.113. The number of amides is 1. The Balaban J connectivity index is 1.76. The highest BCUT2D eigenvalue weighted by atomic mass is 35.5. The van der Waals surface area contributed by atoms with Crippen molar-refractivity contribution < 1.29 is 14.3 Å². The van der Waals surface area contributed by atoms with Crippen LogP contribution in [0.4, 0.5) is 5.00 Å². The summed E-state index contributed by atoms with van der Waals surface area (Å²) in [4.78, 5) is 29.4. The molecule has 0 unspecified atom stereocenters.